The molecule has 6 heteroatoms. The van der Waals surface area contributed by atoms with Crippen LogP contribution in [0.15, 0.2) is 17.5 Å². The Bertz CT molecular complexity index is 508. The van der Waals surface area contributed by atoms with Crippen LogP contribution in [0.3, 0.4) is 0 Å². The molecule has 0 radical (unpaired) electrons. The molecule has 5 nitrogen and oxygen atoms in total. The number of hydrogen-bond acceptors (Lipinski definition) is 5. The van der Waals surface area contributed by atoms with Gasteiger partial charge in [-0.1, -0.05) is 6.07 Å². The zero-order valence-corrected chi connectivity index (χ0v) is 14.6. The quantitative estimate of drug-likeness (QED) is 0.821. The molecule has 0 N–H and O–H groups in total. The number of rotatable bonds is 5. The van der Waals surface area contributed by atoms with Crippen molar-refractivity contribution in [2.45, 2.75) is 19.4 Å². The maximum Gasteiger partial charge on any atom is 0.224 e. The van der Waals surface area contributed by atoms with Crippen molar-refractivity contribution in [2.75, 3.05) is 53.1 Å². The molecular weight excluding hydrogens is 312 g/mol. The molecule has 3 rings (SSSR count). The van der Waals surface area contributed by atoms with Crippen molar-refractivity contribution in [3.05, 3.63) is 22.4 Å². The smallest absolute Gasteiger partial charge is 0.224 e. The molecule has 0 unspecified atom stereocenters. The van der Waals surface area contributed by atoms with Gasteiger partial charge in [0.1, 0.15) is 0 Å². The van der Waals surface area contributed by atoms with Crippen LogP contribution in [-0.4, -0.2) is 68.8 Å². The van der Waals surface area contributed by atoms with E-state index in [0.29, 0.717) is 26.2 Å². The van der Waals surface area contributed by atoms with Crippen LogP contribution < -0.4 is 0 Å². The molecule has 1 spiro atoms. The Morgan fingerprint density at radius 2 is 2.35 bits per heavy atom. The van der Waals surface area contributed by atoms with Crippen molar-refractivity contribution in [3.63, 3.8) is 0 Å². The highest BCUT2D eigenvalue weighted by molar-refractivity contribution is 7.09. The summed E-state index contributed by atoms with van der Waals surface area (Å²) < 4.78 is 10.9. The Hall–Kier alpha value is -0.950. The Kier molecular flexibility index (Phi) is 5.69. The second kappa shape index (κ2) is 7.75. The van der Waals surface area contributed by atoms with E-state index < -0.39 is 0 Å². The number of methoxy groups -OCH3 is 1. The van der Waals surface area contributed by atoms with E-state index in [9.17, 15) is 4.79 Å². The first kappa shape index (κ1) is 16.9. The lowest BCUT2D eigenvalue weighted by atomic mass is 9.87. The maximum absolute atomic E-state index is 12.4. The minimum absolute atomic E-state index is 0.0937. The van der Waals surface area contributed by atoms with Crippen molar-refractivity contribution in [1.29, 1.82) is 0 Å². The molecule has 128 valence electrons. The SMILES string of the molecule is COCCC(=O)N1CCOC[C@@]2(CCN(Cc3cccs3)C2)C1. The third-order valence-electron chi connectivity index (χ3n) is 4.79. The summed E-state index contributed by atoms with van der Waals surface area (Å²) in [5.74, 6) is 0.188. The third kappa shape index (κ3) is 4.32. The average Bonchev–Trinajstić information content (AvgIpc) is 3.13. The van der Waals surface area contributed by atoms with E-state index in [1.165, 1.54) is 4.88 Å². The number of likely N-dealkylation sites (tertiary alicyclic amines) is 1. The normalized spacial score (nSPS) is 25.9. The van der Waals surface area contributed by atoms with Crippen LogP contribution >= 0.6 is 11.3 Å². The summed E-state index contributed by atoms with van der Waals surface area (Å²) in [6.45, 7) is 6.53. The number of ether oxygens (including phenoxy) is 2. The van der Waals surface area contributed by atoms with Crippen molar-refractivity contribution >= 4 is 17.2 Å². The lowest BCUT2D eigenvalue weighted by Crippen LogP contribution is -2.43. The Balaban J connectivity index is 1.60. The molecule has 2 saturated heterocycles. The van der Waals surface area contributed by atoms with Crippen molar-refractivity contribution < 1.29 is 14.3 Å². The molecule has 2 aliphatic rings. The number of thiophene rings is 1. The van der Waals surface area contributed by atoms with Gasteiger partial charge in [0.05, 0.1) is 26.2 Å². The van der Waals surface area contributed by atoms with Gasteiger partial charge in [-0.3, -0.25) is 9.69 Å². The molecule has 1 aromatic heterocycles. The molecule has 3 heterocycles. The summed E-state index contributed by atoms with van der Waals surface area (Å²) in [4.78, 5) is 18.3. The van der Waals surface area contributed by atoms with Gasteiger partial charge >= 0.3 is 0 Å². The van der Waals surface area contributed by atoms with Crippen LogP contribution in [0.1, 0.15) is 17.7 Å². The zero-order valence-electron chi connectivity index (χ0n) is 13.8. The van der Waals surface area contributed by atoms with Crippen LogP contribution in [0.25, 0.3) is 0 Å². The van der Waals surface area contributed by atoms with Gasteiger partial charge in [-0.2, -0.15) is 0 Å². The van der Waals surface area contributed by atoms with Crippen LogP contribution in [0, 0.1) is 5.41 Å². The minimum atomic E-state index is 0.0937. The highest BCUT2D eigenvalue weighted by Crippen LogP contribution is 2.34. The van der Waals surface area contributed by atoms with Crippen LogP contribution in [0.2, 0.25) is 0 Å². The third-order valence-corrected chi connectivity index (χ3v) is 5.65. The Labute approximate surface area is 142 Å². The van der Waals surface area contributed by atoms with E-state index in [2.05, 4.69) is 22.4 Å². The summed E-state index contributed by atoms with van der Waals surface area (Å²) in [7, 11) is 1.64. The number of carbonyl (C=O) groups is 1. The van der Waals surface area contributed by atoms with E-state index in [0.717, 1.165) is 39.2 Å². The summed E-state index contributed by atoms with van der Waals surface area (Å²) >= 11 is 1.81. The molecule has 0 bridgehead atoms. The van der Waals surface area contributed by atoms with E-state index in [-0.39, 0.29) is 11.3 Å². The van der Waals surface area contributed by atoms with E-state index in [1.807, 2.05) is 16.2 Å². The fourth-order valence-electron chi connectivity index (χ4n) is 3.59. The fourth-order valence-corrected chi connectivity index (χ4v) is 4.33. The zero-order chi connectivity index (χ0) is 16.1. The summed E-state index contributed by atoms with van der Waals surface area (Å²) in [5, 5.41) is 2.13. The van der Waals surface area contributed by atoms with Gasteiger partial charge in [-0.15, -0.1) is 11.3 Å². The molecule has 23 heavy (non-hydrogen) atoms. The highest BCUT2D eigenvalue weighted by Gasteiger charge is 2.41. The van der Waals surface area contributed by atoms with Crippen molar-refractivity contribution in [3.8, 4) is 0 Å². The predicted octanol–water partition coefficient (Wildman–Crippen LogP) is 1.84. The summed E-state index contributed by atoms with van der Waals surface area (Å²) in [6.07, 6.45) is 1.57. The molecular formula is C17H26N2O3S. The molecule has 0 aliphatic carbocycles. The van der Waals surface area contributed by atoms with Crippen LogP contribution in [0.4, 0.5) is 0 Å². The van der Waals surface area contributed by atoms with Crippen LogP contribution in [-0.2, 0) is 20.8 Å². The first-order valence-electron chi connectivity index (χ1n) is 8.30. The maximum atomic E-state index is 12.4. The van der Waals surface area contributed by atoms with Gasteiger partial charge in [0.2, 0.25) is 5.91 Å². The van der Waals surface area contributed by atoms with Crippen molar-refractivity contribution in [2.24, 2.45) is 5.41 Å². The van der Waals surface area contributed by atoms with Crippen LogP contribution in [0.5, 0.6) is 0 Å². The van der Waals surface area contributed by atoms with E-state index in [4.69, 9.17) is 9.47 Å². The van der Waals surface area contributed by atoms with E-state index >= 15 is 0 Å². The molecule has 2 fully saturated rings. The van der Waals surface area contributed by atoms with Gasteiger partial charge in [0.15, 0.2) is 0 Å². The van der Waals surface area contributed by atoms with Gasteiger partial charge in [0, 0.05) is 43.6 Å². The monoisotopic (exact) mass is 338 g/mol. The first-order valence-corrected chi connectivity index (χ1v) is 9.18. The highest BCUT2D eigenvalue weighted by atomic mass is 32.1. The molecule has 1 aromatic rings. The minimum Gasteiger partial charge on any atom is -0.384 e. The second-order valence-corrected chi connectivity index (χ2v) is 7.68. The summed E-state index contributed by atoms with van der Waals surface area (Å²) in [5.41, 5.74) is 0.0937. The molecule has 0 aromatic carbocycles. The average molecular weight is 338 g/mol. The number of amides is 1. The molecule has 2 aliphatic heterocycles. The Morgan fingerprint density at radius 1 is 1.43 bits per heavy atom. The Morgan fingerprint density at radius 3 is 3.13 bits per heavy atom. The first-order chi connectivity index (χ1) is 11.2. The topological polar surface area (TPSA) is 42.0 Å². The number of hydrogen-bond donors (Lipinski definition) is 0. The predicted molar refractivity (Wildman–Crippen MR) is 90.5 cm³/mol. The molecule has 0 saturated carbocycles. The lowest BCUT2D eigenvalue weighted by Gasteiger charge is -2.32. The van der Waals surface area contributed by atoms with Gasteiger partial charge in [0.25, 0.3) is 0 Å². The van der Waals surface area contributed by atoms with Gasteiger partial charge in [-0.25, -0.2) is 0 Å². The summed E-state index contributed by atoms with van der Waals surface area (Å²) in [6, 6.07) is 4.30. The molecule has 1 amide bonds. The molecule has 1 atom stereocenters. The number of carbonyl (C=O) groups excluding carboxylic acids is 1. The largest absolute Gasteiger partial charge is 0.384 e. The van der Waals surface area contributed by atoms with Crippen molar-refractivity contribution in [1.82, 2.24) is 9.80 Å². The van der Waals surface area contributed by atoms with E-state index in [1.54, 1.807) is 7.11 Å². The fraction of sp³-hybridized carbons (Fsp3) is 0.706. The lowest BCUT2D eigenvalue weighted by molar-refractivity contribution is -0.133. The van der Waals surface area contributed by atoms with Gasteiger partial charge < -0.3 is 14.4 Å². The second-order valence-electron chi connectivity index (χ2n) is 6.65. The number of nitrogens with zero attached hydrogens (tertiary/aromatic N) is 2. The van der Waals surface area contributed by atoms with Gasteiger partial charge in [-0.05, 0) is 24.4 Å². The standard InChI is InChI=1S/C17H26N2O3S/c1-21-8-4-16(20)19-7-9-22-14-17(13-19)5-6-18(12-17)11-15-3-2-10-23-15/h2-3,10H,4-9,11-14H2,1H3/t17-/m1/s1.